The SMILES string of the molecule is O=S1(=O)Nc2c(CCO)ccc3cccc1c23. The molecule has 1 aliphatic heterocycles. The van der Waals surface area contributed by atoms with Gasteiger partial charge in [0.2, 0.25) is 0 Å². The molecule has 4 nitrogen and oxygen atoms in total. The molecular weight excluding hydrogens is 238 g/mol. The van der Waals surface area contributed by atoms with Crippen LogP contribution >= 0.6 is 0 Å². The third kappa shape index (κ3) is 1.43. The lowest BCUT2D eigenvalue weighted by Crippen LogP contribution is -2.07. The molecule has 17 heavy (non-hydrogen) atoms. The Morgan fingerprint density at radius 3 is 2.76 bits per heavy atom. The van der Waals surface area contributed by atoms with Gasteiger partial charge in [0.05, 0.1) is 10.6 Å². The molecule has 0 atom stereocenters. The Hall–Kier alpha value is -1.59. The molecule has 1 aliphatic rings. The van der Waals surface area contributed by atoms with E-state index < -0.39 is 10.0 Å². The predicted molar refractivity (Wildman–Crippen MR) is 65.5 cm³/mol. The molecule has 0 radical (unpaired) electrons. The molecule has 1 heterocycles. The quantitative estimate of drug-likeness (QED) is 0.847. The minimum absolute atomic E-state index is 0.00238. The van der Waals surface area contributed by atoms with E-state index in [9.17, 15) is 8.42 Å². The van der Waals surface area contributed by atoms with Crippen molar-refractivity contribution < 1.29 is 13.5 Å². The van der Waals surface area contributed by atoms with Crippen molar-refractivity contribution in [3.05, 3.63) is 35.9 Å². The zero-order chi connectivity index (χ0) is 12.0. The van der Waals surface area contributed by atoms with E-state index in [0.717, 1.165) is 16.3 Å². The number of hydrogen-bond acceptors (Lipinski definition) is 3. The molecule has 0 saturated carbocycles. The third-order valence-corrected chi connectivity index (χ3v) is 4.39. The number of sulfonamides is 1. The summed E-state index contributed by atoms with van der Waals surface area (Å²) < 4.78 is 26.4. The lowest BCUT2D eigenvalue weighted by Gasteiger charge is -2.06. The van der Waals surface area contributed by atoms with Gasteiger partial charge in [0.15, 0.2) is 0 Å². The van der Waals surface area contributed by atoms with Crippen molar-refractivity contribution >= 4 is 26.5 Å². The van der Waals surface area contributed by atoms with Crippen LogP contribution in [0.25, 0.3) is 10.8 Å². The average Bonchev–Trinajstić information content (AvgIpc) is 2.58. The van der Waals surface area contributed by atoms with Gasteiger partial charge in [-0.3, -0.25) is 4.72 Å². The van der Waals surface area contributed by atoms with Gasteiger partial charge in [0.1, 0.15) is 0 Å². The molecule has 0 fully saturated rings. The minimum Gasteiger partial charge on any atom is -0.396 e. The van der Waals surface area contributed by atoms with Crippen molar-refractivity contribution in [2.24, 2.45) is 0 Å². The highest BCUT2D eigenvalue weighted by molar-refractivity contribution is 7.93. The Balaban J connectivity index is 2.41. The van der Waals surface area contributed by atoms with Crippen LogP contribution in [-0.2, 0) is 16.4 Å². The van der Waals surface area contributed by atoms with E-state index in [1.54, 1.807) is 12.1 Å². The first kappa shape index (κ1) is 10.6. The second-order valence-corrected chi connectivity index (χ2v) is 5.68. The summed E-state index contributed by atoms with van der Waals surface area (Å²) in [6.07, 6.45) is 0.447. The molecule has 5 heteroatoms. The van der Waals surface area contributed by atoms with Gasteiger partial charge >= 0.3 is 0 Å². The Morgan fingerprint density at radius 2 is 2.00 bits per heavy atom. The maximum absolute atomic E-state index is 11.9. The minimum atomic E-state index is -3.43. The first-order valence-corrected chi connectivity index (χ1v) is 6.80. The summed E-state index contributed by atoms with van der Waals surface area (Å²) in [5, 5.41) is 10.6. The summed E-state index contributed by atoms with van der Waals surface area (Å²) in [4.78, 5) is 0.324. The van der Waals surface area contributed by atoms with E-state index in [1.807, 2.05) is 18.2 Å². The number of aliphatic hydroxyl groups is 1. The normalized spacial score (nSPS) is 16.1. The van der Waals surface area contributed by atoms with Crippen LogP contribution in [0, 0.1) is 0 Å². The molecule has 88 valence electrons. The molecule has 2 aromatic rings. The summed E-state index contributed by atoms with van der Waals surface area (Å²) in [5.41, 5.74) is 1.45. The fourth-order valence-electron chi connectivity index (χ4n) is 2.25. The topological polar surface area (TPSA) is 66.4 Å². The Kier molecular flexibility index (Phi) is 2.14. The summed E-state index contributed by atoms with van der Waals surface area (Å²) in [7, 11) is -3.43. The van der Waals surface area contributed by atoms with Crippen LogP contribution in [0.4, 0.5) is 5.69 Å². The molecule has 0 unspecified atom stereocenters. The monoisotopic (exact) mass is 249 g/mol. The van der Waals surface area contributed by atoms with E-state index in [-0.39, 0.29) is 6.61 Å². The smallest absolute Gasteiger partial charge is 0.262 e. The lowest BCUT2D eigenvalue weighted by atomic mass is 10.0. The maximum Gasteiger partial charge on any atom is 0.262 e. The molecule has 2 N–H and O–H groups in total. The van der Waals surface area contributed by atoms with Crippen molar-refractivity contribution in [1.29, 1.82) is 0 Å². The van der Waals surface area contributed by atoms with Crippen LogP contribution < -0.4 is 4.72 Å². The number of aliphatic hydroxyl groups excluding tert-OH is 1. The van der Waals surface area contributed by atoms with E-state index in [0.29, 0.717) is 17.0 Å². The van der Waals surface area contributed by atoms with Crippen LogP contribution in [-0.4, -0.2) is 20.1 Å². The number of hydrogen-bond donors (Lipinski definition) is 2. The molecule has 2 aromatic carbocycles. The highest BCUT2D eigenvalue weighted by Crippen LogP contribution is 2.39. The van der Waals surface area contributed by atoms with Gasteiger partial charge in [-0.2, -0.15) is 0 Å². The number of rotatable bonds is 2. The second-order valence-electron chi connectivity index (χ2n) is 4.03. The van der Waals surface area contributed by atoms with Crippen molar-refractivity contribution in [3.63, 3.8) is 0 Å². The number of nitrogens with one attached hydrogen (secondary N) is 1. The molecule has 0 aromatic heterocycles. The second kappa shape index (κ2) is 3.45. The Labute approximate surface area is 98.9 Å². The van der Waals surface area contributed by atoms with Gasteiger partial charge in [-0.05, 0) is 23.4 Å². The van der Waals surface area contributed by atoms with Gasteiger partial charge in [-0.15, -0.1) is 0 Å². The average molecular weight is 249 g/mol. The highest BCUT2D eigenvalue weighted by atomic mass is 32.2. The molecule has 0 saturated heterocycles. The zero-order valence-corrected chi connectivity index (χ0v) is 9.79. The predicted octanol–water partition coefficient (Wildman–Crippen LogP) is 1.49. The van der Waals surface area contributed by atoms with E-state index in [1.165, 1.54) is 0 Å². The van der Waals surface area contributed by atoms with Crippen LogP contribution in [0.3, 0.4) is 0 Å². The standard InChI is InChI=1S/C12H11NO3S/c14-7-6-9-5-4-8-2-1-3-10-11(8)12(9)13-17(10,15)16/h1-5,13-14H,6-7H2. The summed E-state index contributed by atoms with van der Waals surface area (Å²) in [5.74, 6) is 0. The largest absolute Gasteiger partial charge is 0.396 e. The fraction of sp³-hybridized carbons (Fsp3) is 0.167. The molecule has 0 bridgehead atoms. The molecule has 3 rings (SSSR count). The zero-order valence-electron chi connectivity index (χ0n) is 8.97. The van der Waals surface area contributed by atoms with Gasteiger partial charge in [0.25, 0.3) is 10.0 Å². The van der Waals surface area contributed by atoms with Gasteiger partial charge in [-0.25, -0.2) is 8.42 Å². The van der Waals surface area contributed by atoms with Gasteiger partial charge in [0, 0.05) is 12.0 Å². The lowest BCUT2D eigenvalue weighted by molar-refractivity contribution is 0.300. The Bertz CT molecular complexity index is 707. The molecule has 0 aliphatic carbocycles. The van der Waals surface area contributed by atoms with Crippen LogP contribution in [0.2, 0.25) is 0 Å². The van der Waals surface area contributed by atoms with Crippen molar-refractivity contribution in [2.45, 2.75) is 11.3 Å². The van der Waals surface area contributed by atoms with Crippen molar-refractivity contribution in [3.8, 4) is 0 Å². The first-order chi connectivity index (χ1) is 8.13. The van der Waals surface area contributed by atoms with E-state index in [2.05, 4.69) is 4.72 Å². The summed E-state index contributed by atoms with van der Waals surface area (Å²) in [6, 6.07) is 8.95. The first-order valence-electron chi connectivity index (χ1n) is 5.32. The van der Waals surface area contributed by atoms with Crippen molar-refractivity contribution in [2.75, 3.05) is 11.3 Å². The van der Waals surface area contributed by atoms with Gasteiger partial charge in [-0.1, -0.05) is 24.3 Å². The van der Waals surface area contributed by atoms with Gasteiger partial charge < -0.3 is 5.11 Å². The fourth-order valence-corrected chi connectivity index (χ4v) is 3.61. The summed E-state index contributed by atoms with van der Waals surface area (Å²) >= 11 is 0. The molecule has 0 spiro atoms. The number of anilines is 1. The van der Waals surface area contributed by atoms with Crippen LogP contribution in [0.15, 0.2) is 35.2 Å². The molecule has 0 amide bonds. The molecular formula is C12H11NO3S. The third-order valence-electron chi connectivity index (χ3n) is 3.00. The van der Waals surface area contributed by atoms with Crippen molar-refractivity contribution in [1.82, 2.24) is 0 Å². The summed E-state index contributed by atoms with van der Waals surface area (Å²) in [6.45, 7) is 0.00238. The highest BCUT2D eigenvalue weighted by Gasteiger charge is 2.28. The van der Waals surface area contributed by atoms with E-state index in [4.69, 9.17) is 5.11 Å². The number of benzene rings is 2. The van der Waals surface area contributed by atoms with E-state index >= 15 is 0 Å². The Morgan fingerprint density at radius 1 is 1.18 bits per heavy atom. The van der Waals surface area contributed by atoms with Crippen LogP contribution in [0.1, 0.15) is 5.56 Å². The van der Waals surface area contributed by atoms with Crippen LogP contribution in [0.5, 0.6) is 0 Å². The maximum atomic E-state index is 11.9.